The molecule has 1 aromatic carbocycles. The van der Waals surface area contributed by atoms with E-state index in [0.717, 1.165) is 36.2 Å². The molecular weight excluding hydrogens is 378 g/mol. The first-order chi connectivity index (χ1) is 13.4. The molecule has 0 atom stereocenters. The fourth-order valence-electron chi connectivity index (χ4n) is 2.60. The van der Waals surface area contributed by atoms with E-state index in [9.17, 15) is 9.59 Å². The van der Waals surface area contributed by atoms with E-state index in [1.807, 2.05) is 38.1 Å². The van der Waals surface area contributed by atoms with Crippen LogP contribution >= 0.6 is 11.6 Å². The van der Waals surface area contributed by atoms with E-state index in [4.69, 9.17) is 16.3 Å². The summed E-state index contributed by atoms with van der Waals surface area (Å²) in [6.07, 6.45) is 4.84. The molecule has 6 nitrogen and oxygen atoms in total. The molecule has 150 valence electrons. The second-order valence-corrected chi connectivity index (χ2v) is 6.87. The summed E-state index contributed by atoms with van der Waals surface area (Å²) in [6.45, 7) is 6.69. The number of unbranched alkanes of at least 4 members (excludes halogenated alkanes) is 1. The summed E-state index contributed by atoms with van der Waals surface area (Å²) in [5, 5.41) is 7.60. The fraction of sp³-hybridized carbons (Fsp3) is 0.381. The average Bonchev–Trinajstić information content (AvgIpc) is 2.95. The Balaban J connectivity index is 1.83. The van der Waals surface area contributed by atoms with Gasteiger partial charge in [0.05, 0.1) is 5.69 Å². The lowest BCUT2D eigenvalue weighted by Gasteiger charge is -2.07. The minimum Gasteiger partial charge on any atom is -0.452 e. The third kappa shape index (κ3) is 6.23. The largest absolute Gasteiger partial charge is 0.452 e. The van der Waals surface area contributed by atoms with Crippen molar-refractivity contribution in [3.05, 3.63) is 57.9 Å². The van der Waals surface area contributed by atoms with E-state index >= 15 is 0 Å². The lowest BCUT2D eigenvalue weighted by atomic mass is 10.1. The van der Waals surface area contributed by atoms with Crippen LogP contribution in [0, 0.1) is 13.8 Å². The molecule has 2 rings (SSSR count). The molecule has 1 amide bonds. The maximum absolute atomic E-state index is 11.9. The highest BCUT2D eigenvalue weighted by Gasteiger charge is 2.11. The molecule has 0 unspecified atom stereocenters. The maximum Gasteiger partial charge on any atom is 0.331 e. The predicted octanol–water partition coefficient (Wildman–Crippen LogP) is 3.83. The second-order valence-electron chi connectivity index (χ2n) is 6.51. The third-order valence-electron chi connectivity index (χ3n) is 4.30. The molecule has 28 heavy (non-hydrogen) atoms. The quantitative estimate of drug-likeness (QED) is 0.510. The fourth-order valence-corrected chi connectivity index (χ4v) is 2.92. The van der Waals surface area contributed by atoms with Crippen molar-refractivity contribution >= 4 is 29.6 Å². The van der Waals surface area contributed by atoms with Crippen LogP contribution in [0.2, 0.25) is 5.15 Å². The summed E-state index contributed by atoms with van der Waals surface area (Å²) in [5.74, 6) is -0.964. The Morgan fingerprint density at radius 3 is 2.75 bits per heavy atom. The molecule has 0 saturated carbocycles. The van der Waals surface area contributed by atoms with Crippen molar-refractivity contribution in [3.63, 3.8) is 0 Å². The van der Waals surface area contributed by atoms with Gasteiger partial charge in [-0.2, -0.15) is 5.10 Å². The van der Waals surface area contributed by atoms with Crippen LogP contribution in [0.3, 0.4) is 0 Å². The number of carbonyl (C=O) groups is 2. The van der Waals surface area contributed by atoms with Crippen LogP contribution in [0.25, 0.3) is 6.08 Å². The molecule has 2 aromatic rings. The number of carbonyl (C=O) groups excluding carboxylic acids is 2. The van der Waals surface area contributed by atoms with E-state index in [0.29, 0.717) is 17.3 Å². The number of hydrogen-bond acceptors (Lipinski definition) is 4. The van der Waals surface area contributed by atoms with Crippen LogP contribution in [-0.4, -0.2) is 28.3 Å². The van der Waals surface area contributed by atoms with Crippen LogP contribution in [0.1, 0.15) is 42.1 Å². The molecule has 0 aliphatic rings. The molecule has 0 saturated heterocycles. The highest BCUT2D eigenvalue weighted by Crippen LogP contribution is 2.21. The monoisotopic (exact) mass is 403 g/mol. The van der Waals surface area contributed by atoms with Crippen molar-refractivity contribution in [2.45, 2.75) is 46.7 Å². The molecular formula is C21H26ClN3O3. The standard InChI is InChI=1S/C21H26ClN3O3/c1-4-5-12-25-21(22)18(16(3)24-25)10-11-20(27)28-14-19(26)23-13-17-9-7-6-8-15(17)2/h6-11H,4-5,12-14H2,1-3H3,(H,23,26)/b11-10+. The first-order valence-corrected chi connectivity index (χ1v) is 9.69. The number of amides is 1. The van der Waals surface area contributed by atoms with Gasteiger partial charge < -0.3 is 10.1 Å². The van der Waals surface area contributed by atoms with Gasteiger partial charge in [-0.15, -0.1) is 0 Å². The van der Waals surface area contributed by atoms with Gasteiger partial charge >= 0.3 is 5.97 Å². The van der Waals surface area contributed by atoms with Crippen LogP contribution in [-0.2, 0) is 27.4 Å². The van der Waals surface area contributed by atoms with Gasteiger partial charge in [0, 0.05) is 24.7 Å². The number of hydrogen-bond donors (Lipinski definition) is 1. The first-order valence-electron chi connectivity index (χ1n) is 9.31. The SMILES string of the molecule is CCCCn1nc(C)c(/C=C/C(=O)OCC(=O)NCc2ccccc2C)c1Cl. The van der Waals surface area contributed by atoms with Crippen molar-refractivity contribution in [2.24, 2.45) is 0 Å². The van der Waals surface area contributed by atoms with Crippen molar-refractivity contribution in [1.82, 2.24) is 15.1 Å². The molecule has 1 aromatic heterocycles. The third-order valence-corrected chi connectivity index (χ3v) is 4.70. The zero-order valence-electron chi connectivity index (χ0n) is 16.5. The van der Waals surface area contributed by atoms with Gasteiger partial charge in [-0.3, -0.25) is 9.48 Å². The van der Waals surface area contributed by atoms with Gasteiger partial charge in [0.2, 0.25) is 0 Å². The molecule has 1 heterocycles. The number of aromatic nitrogens is 2. The highest BCUT2D eigenvalue weighted by molar-refractivity contribution is 6.31. The number of halogens is 1. The van der Waals surface area contributed by atoms with Crippen LogP contribution in [0.5, 0.6) is 0 Å². The first kappa shape index (κ1) is 21.7. The summed E-state index contributed by atoms with van der Waals surface area (Å²) < 4.78 is 6.71. The van der Waals surface area contributed by atoms with E-state index in [1.165, 1.54) is 6.08 Å². The normalized spacial score (nSPS) is 11.0. The number of ether oxygens (including phenoxy) is 1. The summed E-state index contributed by atoms with van der Waals surface area (Å²) in [7, 11) is 0. The van der Waals surface area contributed by atoms with Gasteiger partial charge in [0.15, 0.2) is 6.61 Å². The van der Waals surface area contributed by atoms with E-state index < -0.39 is 5.97 Å². The Hall–Kier alpha value is -2.60. The summed E-state index contributed by atoms with van der Waals surface area (Å²) in [6, 6.07) is 7.77. The Labute approximate surface area is 170 Å². The van der Waals surface area contributed by atoms with Gasteiger partial charge in [0.1, 0.15) is 5.15 Å². The summed E-state index contributed by atoms with van der Waals surface area (Å²) in [4.78, 5) is 23.8. The van der Waals surface area contributed by atoms with Crippen molar-refractivity contribution in [2.75, 3.05) is 6.61 Å². The van der Waals surface area contributed by atoms with Gasteiger partial charge in [-0.1, -0.05) is 49.2 Å². The molecule has 0 aliphatic heterocycles. The van der Waals surface area contributed by atoms with Gasteiger partial charge in [0.25, 0.3) is 5.91 Å². The van der Waals surface area contributed by atoms with Crippen LogP contribution < -0.4 is 5.32 Å². The number of nitrogens with zero attached hydrogens (tertiary/aromatic N) is 2. The van der Waals surface area contributed by atoms with Crippen molar-refractivity contribution in [3.8, 4) is 0 Å². The zero-order chi connectivity index (χ0) is 20.5. The predicted molar refractivity (Wildman–Crippen MR) is 110 cm³/mol. The molecule has 0 radical (unpaired) electrons. The molecule has 0 spiro atoms. The van der Waals surface area contributed by atoms with Crippen molar-refractivity contribution < 1.29 is 14.3 Å². The Bertz CT molecular complexity index is 859. The minimum atomic E-state index is -0.609. The average molecular weight is 404 g/mol. The Morgan fingerprint density at radius 1 is 1.29 bits per heavy atom. The van der Waals surface area contributed by atoms with Crippen molar-refractivity contribution in [1.29, 1.82) is 0 Å². The highest BCUT2D eigenvalue weighted by atomic mass is 35.5. The Kier molecular flexibility index (Phi) is 8.26. The number of esters is 1. The zero-order valence-corrected chi connectivity index (χ0v) is 17.3. The summed E-state index contributed by atoms with van der Waals surface area (Å²) >= 11 is 6.32. The molecule has 0 fully saturated rings. The smallest absolute Gasteiger partial charge is 0.331 e. The van der Waals surface area contributed by atoms with E-state index in [1.54, 1.807) is 10.8 Å². The number of rotatable bonds is 9. The van der Waals surface area contributed by atoms with E-state index in [2.05, 4.69) is 17.3 Å². The lowest BCUT2D eigenvalue weighted by molar-refractivity contribution is -0.143. The Morgan fingerprint density at radius 2 is 2.04 bits per heavy atom. The minimum absolute atomic E-state index is 0.336. The van der Waals surface area contributed by atoms with Crippen LogP contribution in [0.15, 0.2) is 30.3 Å². The second kappa shape index (κ2) is 10.7. The maximum atomic E-state index is 11.9. The van der Waals surface area contributed by atoms with E-state index in [-0.39, 0.29) is 12.5 Å². The van der Waals surface area contributed by atoms with Crippen LogP contribution in [0.4, 0.5) is 0 Å². The number of nitrogens with one attached hydrogen (secondary N) is 1. The van der Waals surface area contributed by atoms with Gasteiger partial charge in [-0.25, -0.2) is 4.79 Å². The van der Waals surface area contributed by atoms with Gasteiger partial charge in [-0.05, 0) is 37.5 Å². The number of aryl methyl sites for hydroxylation is 3. The molecule has 0 bridgehead atoms. The molecule has 7 heteroatoms. The molecule has 1 N–H and O–H groups in total. The number of benzene rings is 1. The summed E-state index contributed by atoms with van der Waals surface area (Å²) in [5.41, 5.74) is 3.53. The lowest BCUT2D eigenvalue weighted by Crippen LogP contribution is -2.28. The topological polar surface area (TPSA) is 73.2 Å². The molecule has 0 aliphatic carbocycles.